The molecular weight excluding hydrogens is 186 g/mol. The largest absolute Gasteiger partial charge is 0.362 e. The Morgan fingerprint density at radius 3 is 2.86 bits per heavy atom. The van der Waals surface area contributed by atoms with Crippen molar-refractivity contribution >= 4 is 5.82 Å². The number of nitrogens with two attached hydrogens (primary N) is 1. The van der Waals surface area contributed by atoms with Crippen LogP contribution in [0.3, 0.4) is 0 Å². The van der Waals surface area contributed by atoms with E-state index in [2.05, 4.69) is 15.5 Å². The second kappa shape index (κ2) is 4.56. The minimum absolute atomic E-state index is 0.0388. The van der Waals surface area contributed by atoms with Gasteiger partial charge in [0.05, 0.1) is 0 Å². The summed E-state index contributed by atoms with van der Waals surface area (Å²) in [6.45, 7) is 2.38. The molecule has 0 aromatic carbocycles. The average Bonchev–Trinajstić information content (AvgIpc) is 2.16. The zero-order valence-corrected chi connectivity index (χ0v) is 7.83. The van der Waals surface area contributed by atoms with Gasteiger partial charge in [-0.25, -0.2) is 9.89 Å². The second-order valence-corrected chi connectivity index (χ2v) is 2.90. The Bertz CT molecular complexity index is 396. The van der Waals surface area contributed by atoms with Crippen LogP contribution in [0.4, 0.5) is 5.82 Å². The first-order chi connectivity index (χ1) is 6.63. The van der Waals surface area contributed by atoms with Crippen molar-refractivity contribution in [2.45, 2.75) is 19.4 Å². The predicted molar refractivity (Wildman–Crippen MR) is 52.2 cm³/mol. The molecule has 1 heterocycles. The van der Waals surface area contributed by atoms with E-state index in [0.29, 0.717) is 6.54 Å². The molecule has 0 saturated heterocycles. The maximum Gasteiger partial charge on any atom is 0.342 e. The van der Waals surface area contributed by atoms with Crippen LogP contribution in [0.15, 0.2) is 9.59 Å². The van der Waals surface area contributed by atoms with Crippen LogP contribution in [0, 0.1) is 0 Å². The number of nitrogens with one attached hydrogen (secondary N) is 3. The lowest BCUT2D eigenvalue weighted by Crippen LogP contribution is -2.32. The van der Waals surface area contributed by atoms with Gasteiger partial charge in [0.15, 0.2) is 0 Å². The molecule has 7 nitrogen and oxygen atoms in total. The highest BCUT2D eigenvalue weighted by atomic mass is 16.2. The summed E-state index contributed by atoms with van der Waals surface area (Å²) < 4.78 is 0. The van der Waals surface area contributed by atoms with E-state index in [4.69, 9.17) is 5.73 Å². The minimum atomic E-state index is -0.625. The maximum atomic E-state index is 11.1. The van der Waals surface area contributed by atoms with Crippen molar-refractivity contribution in [1.29, 1.82) is 0 Å². The number of hydrogen-bond acceptors (Lipinski definition) is 5. The van der Waals surface area contributed by atoms with Gasteiger partial charge in [-0.1, -0.05) is 6.92 Å². The van der Waals surface area contributed by atoms with Crippen molar-refractivity contribution in [1.82, 2.24) is 15.2 Å². The molecular formula is C7H13N5O2. The normalized spacial score (nSPS) is 12.4. The zero-order valence-electron chi connectivity index (χ0n) is 7.83. The standard InChI is InChI=1S/C7H13N5O2/c1-2-4(8)3-9-5-6(13)10-7(14)12-11-5/h4H,2-3,8H2,1H3,(H,9,11)(H2,10,12,13,14). The van der Waals surface area contributed by atoms with E-state index in [1.807, 2.05) is 11.9 Å². The molecule has 7 heteroatoms. The molecule has 0 spiro atoms. The number of hydrogen-bond donors (Lipinski definition) is 4. The van der Waals surface area contributed by atoms with E-state index in [9.17, 15) is 9.59 Å². The first kappa shape index (κ1) is 10.5. The van der Waals surface area contributed by atoms with Crippen LogP contribution in [-0.4, -0.2) is 27.8 Å². The molecule has 0 aliphatic rings. The third-order valence-corrected chi connectivity index (χ3v) is 1.77. The van der Waals surface area contributed by atoms with Gasteiger partial charge >= 0.3 is 5.69 Å². The van der Waals surface area contributed by atoms with Gasteiger partial charge in [0.2, 0.25) is 5.82 Å². The van der Waals surface area contributed by atoms with Gasteiger partial charge in [-0.2, -0.15) is 0 Å². The number of H-pyrrole nitrogens is 2. The third kappa shape index (κ3) is 2.70. The van der Waals surface area contributed by atoms with Crippen molar-refractivity contribution in [2.75, 3.05) is 11.9 Å². The summed E-state index contributed by atoms with van der Waals surface area (Å²) in [6, 6.07) is -0.0388. The number of aromatic amines is 2. The molecule has 78 valence electrons. The van der Waals surface area contributed by atoms with Crippen LogP contribution in [0.25, 0.3) is 0 Å². The second-order valence-electron chi connectivity index (χ2n) is 2.90. The fourth-order valence-electron chi connectivity index (χ4n) is 0.840. The molecule has 14 heavy (non-hydrogen) atoms. The summed E-state index contributed by atoms with van der Waals surface area (Å²) in [6.07, 6.45) is 0.800. The summed E-state index contributed by atoms with van der Waals surface area (Å²) in [4.78, 5) is 23.8. The van der Waals surface area contributed by atoms with Gasteiger partial charge in [0.1, 0.15) is 0 Å². The Hall–Kier alpha value is -1.63. The molecule has 1 aromatic rings. The minimum Gasteiger partial charge on any atom is -0.362 e. The number of anilines is 1. The summed E-state index contributed by atoms with van der Waals surface area (Å²) in [5.74, 6) is 0.0773. The molecule has 0 radical (unpaired) electrons. The van der Waals surface area contributed by atoms with E-state index in [-0.39, 0.29) is 11.9 Å². The van der Waals surface area contributed by atoms with Crippen LogP contribution in [0.2, 0.25) is 0 Å². The van der Waals surface area contributed by atoms with Crippen LogP contribution < -0.4 is 22.3 Å². The average molecular weight is 199 g/mol. The van der Waals surface area contributed by atoms with Gasteiger partial charge in [0, 0.05) is 12.6 Å². The Morgan fingerprint density at radius 1 is 1.57 bits per heavy atom. The number of rotatable bonds is 4. The highest BCUT2D eigenvalue weighted by Crippen LogP contribution is 1.89. The monoisotopic (exact) mass is 199 g/mol. The van der Waals surface area contributed by atoms with Crippen molar-refractivity contribution < 1.29 is 0 Å². The van der Waals surface area contributed by atoms with E-state index >= 15 is 0 Å². The van der Waals surface area contributed by atoms with Crippen LogP contribution in [0.1, 0.15) is 13.3 Å². The smallest absolute Gasteiger partial charge is 0.342 e. The first-order valence-corrected chi connectivity index (χ1v) is 4.32. The molecule has 0 fully saturated rings. The third-order valence-electron chi connectivity index (χ3n) is 1.77. The van der Waals surface area contributed by atoms with Gasteiger partial charge in [0.25, 0.3) is 5.56 Å². The Morgan fingerprint density at radius 2 is 2.29 bits per heavy atom. The Kier molecular flexibility index (Phi) is 3.41. The highest BCUT2D eigenvalue weighted by molar-refractivity contribution is 5.28. The quantitative estimate of drug-likeness (QED) is 0.476. The lowest BCUT2D eigenvalue weighted by atomic mass is 10.2. The van der Waals surface area contributed by atoms with Gasteiger partial charge in [-0.05, 0) is 6.42 Å². The molecule has 0 aliphatic heterocycles. The van der Waals surface area contributed by atoms with Gasteiger partial charge in [-0.15, -0.1) is 5.10 Å². The van der Waals surface area contributed by atoms with Crippen molar-refractivity contribution in [3.05, 3.63) is 20.8 Å². The van der Waals surface area contributed by atoms with E-state index in [1.165, 1.54) is 0 Å². The molecule has 0 amide bonds. The van der Waals surface area contributed by atoms with Crippen molar-refractivity contribution in [2.24, 2.45) is 5.73 Å². The molecule has 1 unspecified atom stereocenters. The van der Waals surface area contributed by atoms with Crippen molar-refractivity contribution in [3.8, 4) is 0 Å². The lowest BCUT2D eigenvalue weighted by molar-refractivity contribution is 0.675. The van der Waals surface area contributed by atoms with Crippen LogP contribution in [0.5, 0.6) is 0 Å². The summed E-state index contributed by atoms with van der Waals surface area (Å²) >= 11 is 0. The van der Waals surface area contributed by atoms with Crippen LogP contribution >= 0.6 is 0 Å². The van der Waals surface area contributed by atoms with Crippen molar-refractivity contribution in [3.63, 3.8) is 0 Å². The topological polar surface area (TPSA) is 117 Å². The summed E-state index contributed by atoms with van der Waals surface area (Å²) in [5.41, 5.74) is 4.46. The fourth-order valence-corrected chi connectivity index (χ4v) is 0.840. The number of aromatic nitrogens is 3. The molecule has 1 rings (SSSR count). The highest BCUT2D eigenvalue weighted by Gasteiger charge is 2.03. The zero-order chi connectivity index (χ0) is 10.6. The Labute approximate surface area is 79.7 Å². The molecule has 1 atom stereocenters. The molecule has 0 aliphatic carbocycles. The maximum absolute atomic E-state index is 11.1. The lowest BCUT2D eigenvalue weighted by Gasteiger charge is -2.08. The summed E-state index contributed by atoms with van der Waals surface area (Å²) in [7, 11) is 0. The Balaban J connectivity index is 2.68. The van der Waals surface area contributed by atoms with E-state index in [1.54, 1.807) is 0 Å². The van der Waals surface area contributed by atoms with E-state index < -0.39 is 11.2 Å². The molecule has 0 saturated carbocycles. The first-order valence-electron chi connectivity index (χ1n) is 4.32. The van der Waals surface area contributed by atoms with Crippen LogP contribution in [-0.2, 0) is 0 Å². The SMILES string of the molecule is CCC(N)CNc1n[nH]c(=O)[nH]c1=O. The summed E-state index contributed by atoms with van der Waals surface area (Å²) in [5, 5.41) is 8.40. The van der Waals surface area contributed by atoms with Gasteiger partial charge in [-0.3, -0.25) is 9.78 Å². The molecule has 1 aromatic heterocycles. The molecule has 5 N–H and O–H groups in total. The predicted octanol–water partition coefficient (Wildman–Crippen LogP) is -1.39. The van der Waals surface area contributed by atoms with E-state index in [0.717, 1.165) is 6.42 Å². The van der Waals surface area contributed by atoms with Gasteiger partial charge < -0.3 is 11.1 Å². The fraction of sp³-hybridized carbons (Fsp3) is 0.571. The molecule has 0 bridgehead atoms. The number of nitrogens with zero attached hydrogens (tertiary/aromatic N) is 1.